The van der Waals surface area contributed by atoms with Gasteiger partial charge in [-0.25, -0.2) is 0 Å². The van der Waals surface area contributed by atoms with Gasteiger partial charge in [-0.1, -0.05) is 43.2 Å². The summed E-state index contributed by atoms with van der Waals surface area (Å²) < 4.78 is 5.70. The number of amides is 1. The molecule has 1 aromatic rings. The van der Waals surface area contributed by atoms with Crippen LogP contribution in [0.2, 0.25) is 0 Å². The van der Waals surface area contributed by atoms with E-state index in [2.05, 4.69) is 12.1 Å². The second-order valence-electron chi connectivity index (χ2n) is 8.21. The van der Waals surface area contributed by atoms with E-state index in [-0.39, 0.29) is 5.91 Å². The van der Waals surface area contributed by atoms with Crippen molar-refractivity contribution in [3.8, 4) is 0 Å². The molecule has 1 spiro atoms. The number of likely N-dealkylation sites (N-methyl/N-ethyl adjacent to an activating group) is 1. The van der Waals surface area contributed by atoms with E-state index in [4.69, 9.17) is 4.74 Å². The number of carbonyl (C=O) groups excluding carboxylic acids is 1. The quantitative estimate of drug-likeness (QED) is 0.665. The molecular formula is C22H33NO2. The Kier molecular flexibility index (Phi) is 6.52. The van der Waals surface area contributed by atoms with Crippen LogP contribution in [0.1, 0.15) is 63.4 Å². The van der Waals surface area contributed by atoms with Crippen molar-refractivity contribution in [2.75, 3.05) is 20.2 Å². The fraction of sp³-hybridized carbons (Fsp3) is 0.682. The molecule has 2 aliphatic carbocycles. The van der Waals surface area contributed by atoms with Gasteiger partial charge in [0.25, 0.3) is 0 Å². The molecule has 0 atom stereocenters. The fourth-order valence-electron chi connectivity index (χ4n) is 4.61. The Morgan fingerprint density at radius 2 is 1.80 bits per heavy atom. The van der Waals surface area contributed by atoms with Crippen LogP contribution in [0.5, 0.6) is 0 Å². The zero-order valence-corrected chi connectivity index (χ0v) is 15.7. The molecule has 2 saturated carbocycles. The SMILES string of the molecule is CN(CCOCc1ccccc1)C(=O)CC1CCC2(CCCC2)CC1. The standard InChI is InChI=1S/C22H33NO2/c1-23(15-16-25-18-20-7-3-2-4-8-20)21(24)17-19-9-13-22(14-10-19)11-5-6-12-22/h2-4,7-8,19H,5-6,9-18H2,1H3. The van der Waals surface area contributed by atoms with Crippen molar-refractivity contribution in [3.63, 3.8) is 0 Å². The molecule has 2 aliphatic rings. The molecule has 0 N–H and O–H groups in total. The van der Waals surface area contributed by atoms with E-state index in [0.717, 1.165) is 6.42 Å². The van der Waals surface area contributed by atoms with Crippen LogP contribution >= 0.6 is 0 Å². The average Bonchev–Trinajstić information content (AvgIpc) is 3.10. The minimum absolute atomic E-state index is 0.288. The van der Waals surface area contributed by atoms with Crippen molar-refractivity contribution >= 4 is 5.91 Å². The van der Waals surface area contributed by atoms with E-state index in [1.165, 1.54) is 56.9 Å². The third-order valence-corrected chi connectivity index (χ3v) is 6.40. The molecule has 0 saturated heterocycles. The average molecular weight is 344 g/mol. The molecule has 1 amide bonds. The van der Waals surface area contributed by atoms with Gasteiger partial charge in [0, 0.05) is 20.0 Å². The van der Waals surface area contributed by atoms with E-state index in [1.54, 1.807) is 0 Å². The lowest BCUT2D eigenvalue weighted by Crippen LogP contribution is -2.33. The smallest absolute Gasteiger partial charge is 0.222 e. The van der Waals surface area contributed by atoms with Crippen LogP contribution in [-0.4, -0.2) is 31.0 Å². The van der Waals surface area contributed by atoms with Crippen LogP contribution in [0, 0.1) is 11.3 Å². The first kappa shape index (κ1) is 18.4. The minimum Gasteiger partial charge on any atom is -0.375 e. The van der Waals surface area contributed by atoms with Crippen LogP contribution in [0.25, 0.3) is 0 Å². The lowest BCUT2D eigenvalue weighted by atomic mass is 9.69. The highest BCUT2D eigenvalue weighted by molar-refractivity contribution is 5.76. The summed E-state index contributed by atoms with van der Waals surface area (Å²) >= 11 is 0. The second kappa shape index (κ2) is 8.84. The third kappa shape index (κ3) is 5.31. The molecular weight excluding hydrogens is 310 g/mol. The molecule has 2 fully saturated rings. The summed E-state index contributed by atoms with van der Waals surface area (Å²) in [5.74, 6) is 0.891. The largest absolute Gasteiger partial charge is 0.375 e. The van der Waals surface area contributed by atoms with Gasteiger partial charge in [0.15, 0.2) is 0 Å². The van der Waals surface area contributed by atoms with Crippen molar-refractivity contribution in [1.29, 1.82) is 0 Å². The predicted molar refractivity (Wildman–Crippen MR) is 101 cm³/mol. The van der Waals surface area contributed by atoms with Gasteiger partial charge in [0.05, 0.1) is 13.2 Å². The van der Waals surface area contributed by atoms with Crippen LogP contribution in [0.15, 0.2) is 30.3 Å². The van der Waals surface area contributed by atoms with Gasteiger partial charge in [0.1, 0.15) is 0 Å². The van der Waals surface area contributed by atoms with Crippen LogP contribution in [0.4, 0.5) is 0 Å². The summed E-state index contributed by atoms with van der Waals surface area (Å²) in [6, 6.07) is 10.2. The van der Waals surface area contributed by atoms with Crippen molar-refractivity contribution < 1.29 is 9.53 Å². The molecule has 0 aliphatic heterocycles. The summed E-state index contributed by atoms with van der Waals surface area (Å²) in [4.78, 5) is 14.3. The van der Waals surface area contributed by atoms with Crippen LogP contribution in [0.3, 0.4) is 0 Å². The van der Waals surface area contributed by atoms with E-state index in [1.807, 2.05) is 30.1 Å². The minimum atomic E-state index is 0.288. The van der Waals surface area contributed by atoms with Gasteiger partial charge < -0.3 is 9.64 Å². The maximum atomic E-state index is 12.5. The van der Waals surface area contributed by atoms with E-state index in [9.17, 15) is 4.79 Å². The summed E-state index contributed by atoms with van der Waals surface area (Å²) in [5, 5.41) is 0. The Hall–Kier alpha value is -1.35. The van der Waals surface area contributed by atoms with Crippen LogP contribution < -0.4 is 0 Å². The number of hydrogen-bond acceptors (Lipinski definition) is 2. The number of nitrogens with zero attached hydrogens (tertiary/aromatic N) is 1. The summed E-state index contributed by atoms with van der Waals surface area (Å²) in [6.07, 6.45) is 11.7. The Bertz CT molecular complexity index is 526. The zero-order chi connectivity index (χ0) is 17.5. The van der Waals surface area contributed by atoms with Crippen molar-refractivity contribution in [1.82, 2.24) is 4.90 Å². The lowest BCUT2D eigenvalue weighted by molar-refractivity contribution is -0.132. The maximum absolute atomic E-state index is 12.5. The Morgan fingerprint density at radius 3 is 2.48 bits per heavy atom. The fourth-order valence-corrected chi connectivity index (χ4v) is 4.61. The monoisotopic (exact) mass is 343 g/mol. The Labute approximate surface area is 152 Å². The van der Waals surface area contributed by atoms with Crippen molar-refractivity contribution in [2.45, 2.75) is 64.4 Å². The van der Waals surface area contributed by atoms with E-state index < -0.39 is 0 Å². The van der Waals surface area contributed by atoms with Crippen molar-refractivity contribution in [2.24, 2.45) is 11.3 Å². The molecule has 0 unspecified atom stereocenters. The molecule has 0 bridgehead atoms. The number of hydrogen-bond donors (Lipinski definition) is 0. The predicted octanol–water partition coefficient (Wildman–Crippen LogP) is 4.80. The van der Waals surface area contributed by atoms with Gasteiger partial charge in [-0.3, -0.25) is 4.79 Å². The maximum Gasteiger partial charge on any atom is 0.222 e. The van der Waals surface area contributed by atoms with Gasteiger partial charge >= 0.3 is 0 Å². The highest BCUT2D eigenvalue weighted by Gasteiger charge is 2.37. The number of benzene rings is 1. The summed E-state index contributed by atoms with van der Waals surface area (Å²) in [7, 11) is 1.91. The third-order valence-electron chi connectivity index (χ3n) is 6.40. The first-order chi connectivity index (χ1) is 12.2. The Morgan fingerprint density at radius 1 is 1.12 bits per heavy atom. The molecule has 0 radical (unpaired) electrons. The first-order valence-corrected chi connectivity index (χ1v) is 10.0. The van der Waals surface area contributed by atoms with Gasteiger partial charge in [-0.15, -0.1) is 0 Å². The molecule has 0 aromatic heterocycles. The molecule has 0 heterocycles. The normalized spacial score (nSPS) is 20.0. The molecule has 25 heavy (non-hydrogen) atoms. The topological polar surface area (TPSA) is 29.5 Å². The molecule has 3 heteroatoms. The highest BCUT2D eigenvalue weighted by Crippen LogP contribution is 2.50. The first-order valence-electron chi connectivity index (χ1n) is 10.0. The molecule has 138 valence electrons. The van der Waals surface area contributed by atoms with Crippen LogP contribution in [-0.2, 0) is 16.1 Å². The lowest BCUT2D eigenvalue weighted by Gasteiger charge is -2.37. The van der Waals surface area contributed by atoms with Crippen molar-refractivity contribution in [3.05, 3.63) is 35.9 Å². The number of rotatable bonds is 7. The number of carbonyl (C=O) groups is 1. The zero-order valence-electron chi connectivity index (χ0n) is 15.7. The van der Waals surface area contributed by atoms with Gasteiger partial charge in [0.2, 0.25) is 5.91 Å². The van der Waals surface area contributed by atoms with Gasteiger partial charge in [-0.2, -0.15) is 0 Å². The van der Waals surface area contributed by atoms with E-state index in [0.29, 0.717) is 31.1 Å². The highest BCUT2D eigenvalue weighted by atomic mass is 16.5. The summed E-state index contributed by atoms with van der Waals surface area (Å²) in [6.45, 7) is 1.90. The van der Waals surface area contributed by atoms with Gasteiger partial charge in [-0.05, 0) is 55.4 Å². The molecule has 3 nitrogen and oxygen atoms in total. The summed E-state index contributed by atoms with van der Waals surface area (Å²) in [5.41, 5.74) is 1.84. The number of ether oxygens (including phenoxy) is 1. The molecule has 3 rings (SSSR count). The van der Waals surface area contributed by atoms with E-state index >= 15 is 0 Å². The molecule has 1 aromatic carbocycles. The second-order valence-corrected chi connectivity index (χ2v) is 8.21. The Balaban J connectivity index is 1.31.